The van der Waals surface area contributed by atoms with Crippen LogP contribution in [0.4, 0.5) is 5.69 Å². The van der Waals surface area contributed by atoms with Crippen molar-refractivity contribution < 1.29 is 9.53 Å². The number of esters is 1. The zero-order valence-electron chi connectivity index (χ0n) is 13.1. The lowest BCUT2D eigenvalue weighted by molar-refractivity contribution is -0.143. The quantitative estimate of drug-likeness (QED) is 0.392. The summed E-state index contributed by atoms with van der Waals surface area (Å²) in [6, 6.07) is 9.36. The van der Waals surface area contributed by atoms with Crippen LogP contribution in [0.1, 0.15) is 0 Å². The normalized spacial score (nSPS) is 13.3. The Kier molecular flexibility index (Phi) is 6.26. The van der Waals surface area contributed by atoms with Crippen LogP contribution in [-0.2, 0) is 9.53 Å². The Labute approximate surface area is 128 Å². The maximum Gasteiger partial charge on any atom is 0.315 e. The van der Waals surface area contributed by atoms with E-state index >= 15 is 0 Å². The minimum absolute atomic E-state index is 0.330. The van der Waals surface area contributed by atoms with Gasteiger partial charge in [-0.25, -0.2) is 0 Å². The molecule has 0 spiro atoms. The molecule has 21 heavy (non-hydrogen) atoms. The fourth-order valence-electron chi connectivity index (χ4n) is 1.73. The van der Waals surface area contributed by atoms with E-state index in [1.165, 1.54) is 7.11 Å². The topological polar surface area (TPSA) is 38.3 Å². The Morgan fingerprint density at radius 2 is 1.95 bits per heavy atom. The molecule has 1 aromatic rings. The maximum absolute atomic E-state index is 11.9. The molecule has 1 N–H and O–H groups in total. The van der Waals surface area contributed by atoms with Crippen molar-refractivity contribution in [2.75, 3.05) is 12.4 Å². The van der Waals surface area contributed by atoms with Crippen molar-refractivity contribution in [3.05, 3.63) is 43.0 Å². The summed E-state index contributed by atoms with van der Waals surface area (Å²) in [5.41, 5.74) is 4.23. The first-order valence-electron chi connectivity index (χ1n) is 6.92. The molecule has 0 aliphatic carbocycles. The molecule has 0 amide bonds. The minimum Gasteiger partial charge on any atom is -0.468 e. The Bertz CT molecular complexity index is 537. The van der Waals surface area contributed by atoms with E-state index in [4.69, 9.17) is 4.74 Å². The van der Waals surface area contributed by atoms with Gasteiger partial charge in [0.15, 0.2) is 0 Å². The average molecular weight is 301 g/mol. The monoisotopic (exact) mass is 301 g/mol. The van der Waals surface area contributed by atoms with E-state index in [1.54, 1.807) is 6.08 Å². The van der Waals surface area contributed by atoms with Crippen molar-refractivity contribution in [1.82, 2.24) is 0 Å². The number of anilines is 1. The second-order valence-corrected chi connectivity index (χ2v) is 10.5. The van der Waals surface area contributed by atoms with Crippen LogP contribution in [0.5, 0.6) is 0 Å². The largest absolute Gasteiger partial charge is 0.468 e. The molecule has 0 aromatic heterocycles. The van der Waals surface area contributed by atoms with Gasteiger partial charge in [0.25, 0.3) is 0 Å². The fraction of sp³-hybridized carbons (Fsp3) is 0.353. The van der Waals surface area contributed by atoms with Gasteiger partial charge < -0.3 is 10.1 Å². The molecule has 0 saturated heterocycles. The summed E-state index contributed by atoms with van der Waals surface area (Å²) in [5.74, 6) is 2.37. The Hall–Kier alpha value is -1.99. The second kappa shape index (κ2) is 7.70. The first-order valence-corrected chi connectivity index (χ1v) is 10.4. The number of carbonyl (C=O) groups is 1. The molecule has 0 aliphatic heterocycles. The van der Waals surface area contributed by atoms with E-state index in [0.29, 0.717) is 0 Å². The van der Waals surface area contributed by atoms with E-state index in [1.807, 2.05) is 30.3 Å². The predicted molar refractivity (Wildman–Crippen MR) is 90.7 cm³/mol. The van der Waals surface area contributed by atoms with E-state index in [-0.39, 0.29) is 12.0 Å². The van der Waals surface area contributed by atoms with Gasteiger partial charge in [0, 0.05) is 5.69 Å². The third-order valence-electron chi connectivity index (χ3n) is 2.79. The molecular weight excluding hydrogens is 278 g/mol. The van der Waals surface area contributed by atoms with Crippen molar-refractivity contribution >= 4 is 19.7 Å². The third-order valence-corrected chi connectivity index (χ3v) is 3.68. The van der Waals surface area contributed by atoms with Crippen LogP contribution in [0.15, 0.2) is 43.0 Å². The molecule has 3 nitrogen and oxygen atoms in total. The van der Waals surface area contributed by atoms with Gasteiger partial charge in [-0.05, 0) is 12.1 Å². The lowest BCUT2D eigenvalue weighted by Gasteiger charge is -2.21. The van der Waals surface area contributed by atoms with Crippen molar-refractivity contribution in [2.45, 2.75) is 25.7 Å². The molecule has 0 saturated carbocycles. The Morgan fingerprint density at radius 3 is 2.43 bits per heavy atom. The highest BCUT2D eigenvalue weighted by Crippen LogP contribution is 2.15. The van der Waals surface area contributed by atoms with Crippen LogP contribution in [-0.4, -0.2) is 27.2 Å². The van der Waals surface area contributed by atoms with Gasteiger partial charge in [-0.3, -0.25) is 4.79 Å². The van der Waals surface area contributed by atoms with Gasteiger partial charge in [-0.2, -0.15) is 0 Å². The number of hydrogen-bond acceptors (Lipinski definition) is 3. The first kappa shape index (κ1) is 17.1. The SMILES string of the molecule is C=CC(C(=O)OC)C(C#C[Si](C)(C)C)Nc1ccccc1. The summed E-state index contributed by atoms with van der Waals surface area (Å²) >= 11 is 0. The van der Waals surface area contributed by atoms with Gasteiger partial charge in [-0.15, -0.1) is 12.1 Å². The number of nitrogens with one attached hydrogen (secondary N) is 1. The van der Waals surface area contributed by atoms with E-state index in [2.05, 4.69) is 43.0 Å². The number of ether oxygens (including phenoxy) is 1. The van der Waals surface area contributed by atoms with Gasteiger partial charge in [0.1, 0.15) is 20.0 Å². The summed E-state index contributed by atoms with van der Waals surface area (Å²) in [6.07, 6.45) is 1.59. The molecule has 0 fully saturated rings. The average Bonchev–Trinajstić information content (AvgIpc) is 2.45. The molecule has 0 radical (unpaired) electrons. The van der Waals surface area contributed by atoms with Gasteiger partial charge in [0.05, 0.1) is 7.11 Å². The molecule has 0 heterocycles. The minimum atomic E-state index is -1.53. The molecule has 0 aliphatic rings. The third kappa shape index (κ3) is 5.88. The van der Waals surface area contributed by atoms with Gasteiger partial charge in [-0.1, -0.05) is 49.8 Å². The van der Waals surface area contributed by atoms with Crippen LogP contribution >= 0.6 is 0 Å². The molecule has 1 rings (SSSR count). The Morgan fingerprint density at radius 1 is 1.33 bits per heavy atom. The number of para-hydroxylation sites is 1. The lowest BCUT2D eigenvalue weighted by Crippen LogP contribution is -2.33. The highest BCUT2D eigenvalue weighted by molar-refractivity contribution is 6.83. The van der Waals surface area contributed by atoms with Gasteiger partial charge in [0.2, 0.25) is 0 Å². The van der Waals surface area contributed by atoms with Crippen LogP contribution in [0.2, 0.25) is 19.6 Å². The van der Waals surface area contributed by atoms with E-state index in [9.17, 15) is 4.79 Å². The number of hydrogen-bond donors (Lipinski definition) is 1. The zero-order chi connectivity index (χ0) is 15.9. The summed E-state index contributed by atoms with van der Waals surface area (Å²) in [4.78, 5) is 11.9. The predicted octanol–water partition coefficient (Wildman–Crippen LogP) is 3.32. The molecule has 1 aromatic carbocycles. The van der Waals surface area contributed by atoms with Crippen molar-refractivity contribution in [3.8, 4) is 11.5 Å². The van der Waals surface area contributed by atoms with Crippen LogP contribution < -0.4 is 5.32 Å². The summed E-state index contributed by atoms with van der Waals surface area (Å²) in [7, 11) is -0.149. The van der Waals surface area contributed by atoms with Crippen LogP contribution in [0.3, 0.4) is 0 Å². The molecular formula is C17H23NO2Si. The number of benzene rings is 1. The van der Waals surface area contributed by atoms with E-state index < -0.39 is 14.0 Å². The number of methoxy groups -OCH3 is 1. The van der Waals surface area contributed by atoms with E-state index in [0.717, 1.165) is 5.69 Å². The highest BCUT2D eigenvalue weighted by atomic mass is 28.3. The second-order valence-electron chi connectivity index (χ2n) is 5.79. The molecule has 4 heteroatoms. The maximum atomic E-state index is 11.9. The summed E-state index contributed by atoms with van der Waals surface area (Å²) < 4.78 is 4.85. The van der Waals surface area contributed by atoms with Crippen LogP contribution in [0, 0.1) is 17.4 Å². The Balaban J connectivity index is 3.06. The summed E-state index contributed by atoms with van der Waals surface area (Å²) in [5, 5.41) is 3.29. The lowest BCUT2D eigenvalue weighted by atomic mass is 10.0. The van der Waals surface area contributed by atoms with Crippen LogP contribution in [0.25, 0.3) is 0 Å². The smallest absolute Gasteiger partial charge is 0.315 e. The zero-order valence-corrected chi connectivity index (χ0v) is 14.1. The molecule has 2 unspecified atom stereocenters. The fourth-order valence-corrected chi connectivity index (χ4v) is 2.32. The molecule has 0 bridgehead atoms. The number of rotatable bonds is 5. The van der Waals surface area contributed by atoms with Gasteiger partial charge >= 0.3 is 5.97 Å². The summed E-state index contributed by atoms with van der Waals surface area (Å²) in [6.45, 7) is 10.2. The highest BCUT2D eigenvalue weighted by Gasteiger charge is 2.25. The van der Waals surface area contributed by atoms with Crippen molar-refractivity contribution in [2.24, 2.45) is 5.92 Å². The molecule has 2 atom stereocenters. The number of carbonyl (C=O) groups excluding carboxylic acids is 1. The molecule has 112 valence electrons. The standard InChI is InChI=1S/C17H23NO2Si/c1-6-15(17(19)20-2)16(12-13-21(3,4)5)18-14-10-8-7-9-11-14/h6-11,15-16,18H,1H2,2-5H3. The van der Waals surface area contributed by atoms with Crippen molar-refractivity contribution in [1.29, 1.82) is 0 Å². The first-order chi connectivity index (χ1) is 9.87. The van der Waals surface area contributed by atoms with Crippen molar-refractivity contribution in [3.63, 3.8) is 0 Å².